The van der Waals surface area contributed by atoms with Gasteiger partial charge in [-0.25, -0.2) is 4.79 Å². The molecule has 0 aliphatic carbocycles. The van der Waals surface area contributed by atoms with E-state index in [0.717, 1.165) is 0 Å². The van der Waals surface area contributed by atoms with Crippen molar-refractivity contribution in [1.29, 1.82) is 0 Å². The van der Waals surface area contributed by atoms with Gasteiger partial charge in [-0.2, -0.15) is 0 Å². The molecule has 12 heteroatoms. The molecule has 1 aromatic carbocycles. The molecule has 1 amide bonds. The largest absolute Gasteiger partial charge is 0.453 e. The van der Waals surface area contributed by atoms with Gasteiger partial charge in [-0.1, -0.05) is 18.2 Å². The Morgan fingerprint density at radius 3 is 2.18 bits per heavy atom. The third kappa shape index (κ3) is 9.49. The predicted octanol–water partition coefficient (Wildman–Crippen LogP) is 4.09. The Bertz CT molecular complexity index is 1060. The van der Waals surface area contributed by atoms with Gasteiger partial charge in [0.25, 0.3) is 0 Å². The SMILES string of the molecule is CCOP(=O)(/C=C/[C@H]1O[C@@H](N(/C=C(/C)C(C)=O)C(C)=O)[C@H](OCCOC)[C@@H]1OC(=O)c1ccccc1)OCC. The second-order valence-corrected chi connectivity index (χ2v) is 10.5. The molecule has 0 spiro atoms. The molecular weight excluding hydrogens is 529 g/mol. The van der Waals surface area contributed by atoms with Gasteiger partial charge in [0.2, 0.25) is 5.91 Å². The zero-order valence-corrected chi connectivity index (χ0v) is 24.1. The lowest BCUT2D eigenvalue weighted by atomic mass is 10.1. The Morgan fingerprint density at radius 1 is 1.00 bits per heavy atom. The number of hydrogen-bond donors (Lipinski definition) is 0. The summed E-state index contributed by atoms with van der Waals surface area (Å²) in [6.07, 6.45) is -1.41. The first-order chi connectivity index (χ1) is 18.6. The van der Waals surface area contributed by atoms with Gasteiger partial charge in [0, 0.05) is 31.6 Å². The number of nitrogens with zero attached hydrogens (tertiary/aromatic N) is 1. The number of methoxy groups -OCH3 is 1. The fourth-order valence-electron chi connectivity index (χ4n) is 3.71. The van der Waals surface area contributed by atoms with Gasteiger partial charge < -0.3 is 28.0 Å². The van der Waals surface area contributed by atoms with Crippen LogP contribution >= 0.6 is 7.60 Å². The second-order valence-electron chi connectivity index (χ2n) is 8.57. The molecule has 0 bridgehead atoms. The fraction of sp³-hybridized carbons (Fsp3) is 0.519. The fourth-order valence-corrected chi connectivity index (χ4v) is 5.05. The number of ether oxygens (including phenoxy) is 4. The van der Waals surface area contributed by atoms with Gasteiger partial charge in [-0.3, -0.25) is 19.1 Å². The second kappa shape index (κ2) is 15.8. The third-order valence-corrected chi connectivity index (χ3v) is 7.45. The minimum Gasteiger partial charge on any atom is -0.453 e. The molecule has 1 fully saturated rings. The van der Waals surface area contributed by atoms with Gasteiger partial charge in [0.15, 0.2) is 18.1 Å². The maximum atomic E-state index is 13.1. The van der Waals surface area contributed by atoms with E-state index < -0.39 is 44.0 Å². The monoisotopic (exact) mass is 567 g/mol. The molecule has 4 atom stereocenters. The minimum atomic E-state index is -3.63. The molecule has 216 valence electrons. The van der Waals surface area contributed by atoms with E-state index in [4.69, 9.17) is 28.0 Å². The van der Waals surface area contributed by atoms with E-state index in [1.807, 2.05) is 0 Å². The van der Waals surface area contributed by atoms with Crippen LogP contribution in [0.5, 0.6) is 0 Å². The number of hydrogen-bond acceptors (Lipinski definition) is 10. The summed E-state index contributed by atoms with van der Waals surface area (Å²) in [4.78, 5) is 39.0. The third-order valence-electron chi connectivity index (χ3n) is 5.68. The Labute approximate surface area is 229 Å². The van der Waals surface area contributed by atoms with Gasteiger partial charge in [-0.15, -0.1) is 0 Å². The first-order valence-corrected chi connectivity index (χ1v) is 14.3. The first-order valence-electron chi connectivity index (χ1n) is 12.6. The van der Waals surface area contributed by atoms with Crippen LogP contribution in [0.15, 0.2) is 54.0 Å². The Balaban J connectivity index is 2.56. The normalized spacial score (nSPS) is 21.7. The lowest BCUT2D eigenvalue weighted by Gasteiger charge is -2.30. The molecule has 2 rings (SSSR count). The van der Waals surface area contributed by atoms with E-state index in [1.54, 1.807) is 51.1 Å². The summed E-state index contributed by atoms with van der Waals surface area (Å²) in [5.41, 5.74) is 0.600. The number of rotatable bonds is 15. The number of benzene rings is 1. The summed E-state index contributed by atoms with van der Waals surface area (Å²) in [5, 5.41) is 0. The zero-order chi connectivity index (χ0) is 29.0. The van der Waals surface area contributed by atoms with Crippen molar-refractivity contribution in [2.24, 2.45) is 0 Å². The molecule has 1 aliphatic rings. The maximum Gasteiger partial charge on any atom is 0.353 e. The topological polar surface area (TPSA) is 127 Å². The zero-order valence-electron chi connectivity index (χ0n) is 23.2. The minimum absolute atomic E-state index is 0.0916. The standard InChI is InChI=1S/C27H38NO10P/c1-7-35-39(32,36-8-2)17-14-23-24(38-27(31)22-12-10-9-11-13-22)25(34-16-15-33-6)26(37-23)28(21(5)30)18-19(3)20(4)29/h9-14,17-18,23-26H,7-8,15-16H2,1-6H3/b17-14+,19-18-/t23-,24-,25-,26-/m1/s1. The molecule has 0 aromatic heterocycles. The smallest absolute Gasteiger partial charge is 0.353 e. The number of esters is 1. The lowest BCUT2D eigenvalue weighted by Crippen LogP contribution is -2.47. The highest BCUT2D eigenvalue weighted by molar-refractivity contribution is 7.57. The van der Waals surface area contributed by atoms with Crippen LogP contribution in [0.2, 0.25) is 0 Å². The van der Waals surface area contributed by atoms with E-state index in [1.165, 1.54) is 44.0 Å². The van der Waals surface area contributed by atoms with Crippen LogP contribution in [0.25, 0.3) is 0 Å². The van der Waals surface area contributed by atoms with Crippen molar-refractivity contribution in [1.82, 2.24) is 4.90 Å². The van der Waals surface area contributed by atoms with Crippen LogP contribution < -0.4 is 0 Å². The Hall–Kier alpha value is -2.66. The molecule has 0 radical (unpaired) electrons. The summed E-state index contributed by atoms with van der Waals surface area (Å²) in [7, 11) is -2.13. The lowest BCUT2D eigenvalue weighted by molar-refractivity contribution is -0.145. The number of ketones is 1. The molecule has 0 saturated carbocycles. The van der Waals surface area contributed by atoms with Crippen molar-refractivity contribution >= 4 is 25.3 Å². The molecule has 1 aromatic rings. The van der Waals surface area contributed by atoms with Crippen LogP contribution in [0.3, 0.4) is 0 Å². The van der Waals surface area contributed by atoms with Crippen LogP contribution in [0.4, 0.5) is 0 Å². The number of amides is 1. The summed E-state index contributed by atoms with van der Waals surface area (Å²) >= 11 is 0. The number of Topliss-reactive ketones (excluding diaryl/α,β-unsaturated/α-hetero) is 1. The van der Waals surface area contributed by atoms with Crippen molar-refractivity contribution in [3.63, 3.8) is 0 Å². The average molecular weight is 568 g/mol. The summed E-state index contributed by atoms with van der Waals surface area (Å²) in [6, 6.07) is 8.35. The van der Waals surface area contributed by atoms with Crippen molar-refractivity contribution in [3.05, 3.63) is 59.6 Å². The summed E-state index contributed by atoms with van der Waals surface area (Å²) < 4.78 is 47.0. The van der Waals surface area contributed by atoms with E-state index >= 15 is 0 Å². The van der Waals surface area contributed by atoms with E-state index in [9.17, 15) is 18.9 Å². The molecule has 11 nitrogen and oxygen atoms in total. The quantitative estimate of drug-likeness (QED) is 0.132. The molecule has 0 unspecified atom stereocenters. The van der Waals surface area contributed by atoms with Crippen LogP contribution in [0, 0.1) is 0 Å². The molecule has 1 saturated heterocycles. The van der Waals surface area contributed by atoms with Crippen molar-refractivity contribution < 1.29 is 46.9 Å². The van der Waals surface area contributed by atoms with Gasteiger partial charge in [0.1, 0.15) is 12.2 Å². The van der Waals surface area contributed by atoms with E-state index in [-0.39, 0.29) is 32.2 Å². The van der Waals surface area contributed by atoms with Crippen LogP contribution in [-0.2, 0) is 42.1 Å². The average Bonchev–Trinajstić information content (AvgIpc) is 3.23. The van der Waals surface area contributed by atoms with E-state index in [2.05, 4.69) is 0 Å². The van der Waals surface area contributed by atoms with Crippen molar-refractivity contribution in [2.75, 3.05) is 33.5 Å². The summed E-state index contributed by atoms with van der Waals surface area (Å²) in [5.74, 6) is -0.0783. The molecule has 39 heavy (non-hydrogen) atoms. The number of carbonyl (C=O) groups excluding carboxylic acids is 3. The van der Waals surface area contributed by atoms with Crippen molar-refractivity contribution in [2.45, 2.75) is 59.2 Å². The molecule has 0 N–H and O–H groups in total. The van der Waals surface area contributed by atoms with Crippen LogP contribution in [0.1, 0.15) is 45.0 Å². The Morgan fingerprint density at radius 2 is 1.64 bits per heavy atom. The highest BCUT2D eigenvalue weighted by atomic mass is 31.2. The van der Waals surface area contributed by atoms with E-state index in [0.29, 0.717) is 11.1 Å². The number of carbonyl (C=O) groups is 3. The van der Waals surface area contributed by atoms with Gasteiger partial charge >= 0.3 is 13.6 Å². The Kier molecular flexibility index (Phi) is 13.2. The molecule has 1 heterocycles. The summed E-state index contributed by atoms with van der Waals surface area (Å²) in [6.45, 7) is 8.20. The van der Waals surface area contributed by atoms with Crippen molar-refractivity contribution in [3.8, 4) is 0 Å². The molecule has 1 aliphatic heterocycles. The predicted molar refractivity (Wildman–Crippen MR) is 143 cm³/mol. The van der Waals surface area contributed by atoms with Gasteiger partial charge in [-0.05, 0) is 45.9 Å². The van der Waals surface area contributed by atoms with Crippen LogP contribution in [-0.4, -0.2) is 80.6 Å². The maximum absolute atomic E-state index is 13.1. The number of allylic oxidation sites excluding steroid dienone is 1. The highest BCUT2D eigenvalue weighted by Crippen LogP contribution is 2.50. The first kappa shape index (κ1) is 32.6. The van der Waals surface area contributed by atoms with Gasteiger partial charge in [0.05, 0.1) is 32.0 Å². The molecular formula is C27H38NO10P. The highest BCUT2D eigenvalue weighted by Gasteiger charge is 2.50.